The van der Waals surface area contributed by atoms with Crippen molar-refractivity contribution in [1.29, 1.82) is 0 Å². The van der Waals surface area contributed by atoms with Gasteiger partial charge in [0.05, 0.1) is 1.37 Å². The van der Waals surface area contributed by atoms with E-state index < -0.39 is 0 Å². The van der Waals surface area contributed by atoms with Gasteiger partial charge in [-0.25, -0.2) is 0 Å². The first-order valence-corrected chi connectivity index (χ1v) is 18.9. The van der Waals surface area contributed by atoms with Gasteiger partial charge in [0.1, 0.15) is 11.4 Å². The minimum atomic E-state index is -0.0426. The molecule has 6 aromatic rings. The highest BCUT2D eigenvalue weighted by atomic mass is 16.2. The van der Waals surface area contributed by atoms with Crippen LogP contribution in [0, 0.1) is 23.7 Å². The predicted molar refractivity (Wildman–Crippen MR) is 225 cm³/mol. The number of carbonyl (C=O) groups excluding carboxylic acids is 2. The average Bonchev–Trinajstić information content (AvgIpc) is 3.81. The molecule has 2 aliphatic heterocycles. The molecule has 6 heteroatoms. The average molecular weight is 710 g/mol. The van der Waals surface area contributed by atoms with Gasteiger partial charge in [0.15, 0.2) is 0 Å². The monoisotopic (exact) mass is 709 g/mol. The number of hydrogen-bond donors (Lipinski definition) is 4. The Kier molecular flexibility index (Phi) is 19.0. The van der Waals surface area contributed by atoms with Crippen LogP contribution >= 0.6 is 0 Å². The second kappa shape index (κ2) is 24.2. The number of nitrogens with one attached hydrogen (secondary N) is 4. The van der Waals surface area contributed by atoms with Crippen LogP contribution in [0.2, 0.25) is 0 Å². The largest absolute Gasteiger partial charge is 0.350 e. The van der Waals surface area contributed by atoms with Crippen molar-refractivity contribution in [2.75, 3.05) is 13.1 Å². The minimum Gasteiger partial charge on any atom is -0.350 e. The number of H-pyrrole nitrogens is 2. The van der Waals surface area contributed by atoms with Crippen LogP contribution in [0.5, 0.6) is 0 Å². The summed E-state index contributed by atoms with van der Waals surface area (Å²) in [7, 11) is 0. The quantitative estimate of drug-likeness (QED) is 0.118. The van der Waals surface area contributed by atoms with Crippen molar-refractivity contribution >= 4 is 33.6 Å². The molecule has 0 spiro atoms. The molecule has 0 saturated heterocycles. The van der Waals surface area contributed by atoms with Crippen LogP contribution in [0.1, 0.15) is 112 Å². The van der Waals surface area contributed by atoms with Crippen LogP contribution in [-0.4, -0.2) is 34.9 Å². The smallest absolute Gasteiger partial charge is 0.268 e. The Morgan fingerprint density at radius 1 is 0.528 bits per heavy atom. The van der Waals surface area contributed by atoms with Crippen LogP contribution in [0.4, 0.5) is 0 Å². The first-order valence-electron chi connectivity index (χ1n) is 19.4. The van der Waals surface area contributed by atoms with Gasteiger partial charge >= 0.3 is 0 Å². The van der Waals surface area contributed by atoms with E-state index in [2.05, 4.69) is 50.3 Å². The van der Waals surface area contributed by atoms with Crippen LogP contribution in [0.3, 0.4) is 0 Å². The van der Waals surface area contributed by atoms with E-state index in [1.807, 2.05) is 147 Å². The lowest BCUT2D eigenvalue weighted by molar-refractivity contribution is 0.0933. The Hall–Kier alpha value is -5.98. The fourth-order valence-electron chi connectivity index (χ4n) is 5.48. The van der Waals surface area contributed by atoms with Crippen molar-refractivity contribution in [3.8, 4) is 23.7 Å². The summed E-state index contributed by atoms with van der Waals surface area (Å²) in [6.45, 7) is 19.2. The maximum Gasteiger partial charge on any atom is 0.268 e. The number of aromatic amines is 2. The van der Waals surface area contributed by atoms with Gasteiger partial charge in [0, 0.05) is 51.6 Å². The van der Waals surface area contributed by atoms with Crippen molar-refractivity contribution < 1.29 is 11.0 Å². The highest BCUT2D eigenvalue weighted by molar-refractivity contribution is 6.03. The molecule has 6 nitrogen and oxygen atoms in total. The van der Waals surface area contributed by atoms with Crippen LogP contribution in [0.25, 0.3) is 21.8 Å². The number of aromatic nitrogens is 2. The van der Waals surface area contributed by atoms with E-state index in [-0.39, 0.29) is 11.8 Å². The lowest BCUT2D eigenvalue weighted by Gasteiger charge is -2.11. The number of carbonyl (C=O) groups is 2. The van der Waals surface area contributed by atoms with Crippen LogP contribution in [-0.2, 0) is 12.8 Å². The maximum absolute atomic E-state index is 11.9. The molecule has 4 N–H and O–H groups in total. The Morgan fingerprint density at radius 3 is 1.53 bits per heavy atom. The van der Waals surface area contributed by atoms with Crippen molar-refractivity contribution in [1.82, 2.24) is 20.6 Å². The molecule has 276 valence electrons. The zero-order valence-corrected chi connectivity index (χ0v) is 32.9. The first-order chi connectivity index (χ1) is 26.5. The Balaban J connectivity index is 0.000000274. The van der Waals surface area contributed by atoms with Crippen molar-refractivity contribution in [2.45, 2.75) is 75.2 Å². The standard InChI is InChI=1S/C19H14N2O.C11H10N2O.C9H8.4C2H6/c22-19-18-15(10-11-20-19)16-12-14(8-9-17(16)21-18)7-6-13-4-2-1-3-5-13;14-11-10-8(5-6-12-11)7-3-1-2-4-9(7)13-10;1-2-6-9-7-4-3-5-8-9;4*1-2/h1-5,8-9,12,21H,10-11H2,(H,20,22);1-4,13H,5-6H2,(H,12,14);3-5,7-8H,1H3;4*1-2H3/i;1D;;;;;. The van der Waals surface area contributed by atoms with Gasteiger partial charge in [-0.15, -0.1) is 5.92 Å². The summed E-state index contributed by atoms with van der Waals surface area (Å²) in [5.41, 5.74) is 8.46. The number of para-hydroxylation sites is 1. The van der Waals surface area contributed by atoms with Gasteiger partial charge in [-0.05, 0) is 79.4 Å². The topological polar surface area (TPSA) is 89.8 Å². The summed E-state index contributed by atoms with van der Waals surface area (Å²) in [6, 6.07) is 31.8. The van der Waals surface area contributed by atoms with Gasteiger partial charge in [-0.2, -0.15) is 0 Å². The molecule has 0 fully saturated rings. The normalized spacial score (nSPS) is 11.5. The third-order valence-electron chi connectivity index (χ3n) is 7.60. The third kappa shape index (κ3) is 12.1. The van der Waals surface area contributed by atoms with Crippen molar-refractivity contribution in [3.05, 3.63) is 142 Å². The van der Waals surface area contributed by atoms with E-state index in [0.29, 0.717) is 30.5 Å². The fraction of sp³-hybridized carbons (Fsp3) is 0.277. The minimum absolute atomic E-state index is 0.0191. The first kappa shape index (κ1) is 41.4. The molecule has 4 heterocycles. The van der Waals surface area contributed by atoms with E-state index in [1.165, 1.54) is 0 Å². The second-order valence-electron chi connectivity index (χ2n) is 10.6. The zero-order valence-electron chi connectivity index (χ0n) is 33.9. The van der Waals surface area contributed by atoms with E-state index in [4.69, 9.17) is 1.37 Å². The molecule has 0 bridgehead atoms. The molecule has 0 atom stereocenters. The van der Waals surface area contributed by atoms with E-state index in [0.717, 1.165) is 62.5 Å². The molecular formula is C47H56N4O2. The molecule has 4 aromatic carbocycles. The highest BCUT2D eigenvalue weighted by Gasteiger charge is 2.22. The maximum atomic E-state index is 11.9. The zero-order chi connectivity index (χ0) is 39.9. The van der Waals surface area contributed by atoms with Crippen LogP contribution < -0.4 is 10.6 Å². The van der Waals surface area contributed by atoms with Crippen molar-refractivity contribution in [2.24, 2.45) is 0 Å². The molecule has 0 aliphatic carbocycles. The van der Waals surface area contributed by atoms with Crippen LogP contribution in [0.15, 0.2) is 103 Å². The van der Waals surface area contributed by atoms with Gasteiger partial charge in [-0.3, -0.25) is 9.59 Å². The van der Waals surface area contributed by atoms with Gasteiger partial charge in [0.25, 0.3) is 11.8 Å². The molecule has 53 heavy (non-hydrogen) atoms. The predicted octanol–water partition coefficient (Wildman–Crippen LogP) is 10.5. The van der Waals surface area contributed by atoms with E-state index >= 15 is 0 Å². The molecule has 2 amide bonds. The Labute approximate surface area is 318 Å². The summed E-state index contributed by atoms with van der Waals surface area (Å²) in [5.74, 6) is 12.1. The van der Waals surface area contributed by atoms with Gasteiger partial charge in [-0.1, -0.05) is 128 Å². The SMILES string of the molecule is CC.CC.CC.CC.CC#Cc1ccccc1.O=C1NCCc2c1[nH]c1ccc(C#Cc3ccccc3)cc21.[2H]c1ccc2[nH]c3c(c2c1)CCNC3=O. The van der Waals surface area contributed by atoms with E-state index in [1.54, 1.807) is 6.07 Å². The number of rotatable bonds is 0. The Morgan fingerprint density at radius 2 is 1.00 bits per heavy atom. The molecule has 8 rings (SSSR count). The second-order valence-corrected chi connectivity index (χ2v) is 10.6. The molecule has 2 aliphatic rings. The lowest BCUT2D eigenvalue weighted by atomic mass is 10.0. The third-order valence-corrected chi connectivity index (χ3v) is 7.60. The molecule has 0 radical (unpaired) electrons. The summed E-state index contributed by atoms with van der Waals surface area (Å²) in [6.07, 6.45) is 1.70. The highest BCUT2D eigenvalue weighted by Crippen LogP contribution is 2.26. The van der Waals surface area contributed by atoms with Gasteiger partial charge in [0.2, 0.25) is 0 Å². The van der Waals surface area contributed by atoms with E-state index in [9.17, 15) is 9.59 Å². The van der Waals surface area contributed by atoms with Gasteiger partial charge < -0.3 is 20.6 Å². The lowest BCUT2D eigenvalue weighted by Crippen LogP contribution is -2.31. The number of benzene rings is 4. The molecule has 0 unspecified atom stereocenters. The summed E-state index contributed by atoms with van der Waals surface area (Å²) < 4.78 is 7.57. The summed E-state index contributed by atoms with van der Waals surface area (Å²) in [5, 5.41) is 7.77. The summed E-state index contributed by atoms with van der Waals surface area (Å²) in [4.78, 5) is 29.7. The van der Waals surface area contributed by atoms with Crippen molar-refractivity contribution in [3.63, 3.8) is 0 Å². The number of amides is 2. The fourth-order valence-corrected chi connectivity index (χ4v) is 5.48. The molecular weight excluding hydrogens is 653 g/mol. The molecule has 2 aromatic heterocycles. The summed E-state index contributed by atoms with van der Waals surface area (Å²) >= 11 is 0. The molecule has 0 saturated carbocycles. The Bertz CT molecular complexity index is 2180. The number of fused-ring (bicyclic) bond motifs is 6. The number of hydrogen-bond acceptors (Lipinski definition) is 2.